The maximum Gasteiger partial charge on any atom is 0.371 e. The zero-order valence-electron chi connectivity index (χ0n) is 10.4. The fourth-order valence-corrected chi connectivity index (χ4v) is 4.91. The normalized spacial score (nSPS) is 21.4. The van der Waals surface area contributed by atoms with Gasteiger partial charge in [-0.15, -0.1) is 0 Å². The topological polar surface area (TPSA) is 87.8 Å². The first kappa shape index (κ1) is 14.4. The maximum atomic E-state index is 11.7. The van der Waals surface area contributed by atoms with Gasteiger partial charge in [0.15, 0.2) is 9.84 Å². The molecule has 0 saturated carbocycles. The van der Waals surface area contributed by atoms with E-state index in [2.05, 4.69) is 0 Å². The van der Waals surface area contributed by atoms with E-state index < -0.39 is 21.2 Å². The Balaban J connectivity index is 2.13. The average molecular weight is 305 g/mol. The summed E-state index contributed by atoms with van der Waals surface area (Å²) >= 11 is 1.61. The van der Waals surface area contributed by atoms with Gasteiger partial charge < -0.3 is 9.52 Å². The Morgan fingerprint density at radius 2 is 2.32 bits per heavy atom. The second-order valence-electron chi connectivity index (χ2n) is 4.40. The summed E-state index contributed by atoms with van der Waals surface area (Å²) in [6, 6.07) is 2.95. The van der Waals surface area contributed by atoms with E-state index in [1.807, 2.05) is 4.90 Å². The first-order valence-electron chi connectivity index (χ1n) is 5.70. The molecule has 1 unspecified atom stereocenters. The lowest BCUT2D eigenvalue weighted by Crippen LogP contribution is -2.46. The summed E-state index contributed by atoms with van der Waals surface area (Å²) in [6.07, 6.45) is 1.22. The van der Waals surface area contributed by atoms with Crippen molar-refractivity contribution in [3.8, 4) is 0 Å². The number of rotatable bonds is 4. The molecule has 2 heterocycles. The minimum Gasteiger partial charge on any atom is -0.475 e. The van der Waals surface area contributed by atoms with Crippen molar-refractivity contribution in [2.24, 2.45) is 0 Å². The Hall–Kier alpha value is -0.990. The highest BCUT2D eigenvalue weighted by Gasteiger charge is 2.31. The van der Waals surface area contributed by atoms with E-state index in [-0.39, 0.29) is 5.76 Å². The second kappa shape index (κ2) is 5.56. The van der Waals surface area contributed by atoms with Gasteiger partial charge in [-0.3, -0.25) is 4.90 Å². The van der Waals surface area contributed by atoms with E-state index in [1.54, 1.807) is 17.8 Å². The smallest absolute Gasteiger partial charge is 0.371 e. The lowest BCUT2D eigenvalue weighted by Gasteiger charge is -2.33. The number of sulfone groups is 1. The molecule has 1 fully saturated rings. The Morgan fingerprint density at radius 3 is 2.89 bits per heavy atom. The van der Waals surface area contributed by atoms with E-state index >= 15 is 0 Å². The van der Waals surface area contributed by atoms with Gasteiger partial charge in [0.05, 0.1) is 6.54 Å². The van der Waals surface area contributed by atoms with Crippen molar-refractivity contribution in [2.45, 2.75) is 11.9 Å². The summed E-state index contributed by atoms with van der Waals surface area (Å²) in [5, 5.41) is 8.24. The van der Waals surface area contributed by atoms with Gasteiger partial charge in [0, 0.05) is 24.3 Å². The Kier molecular flexibility index (Phi) is 4.22. The summed E-state index contributed by atoms with van der Waals surface area (Å²) in [5.74, 6) is 0.611. The molecular formula is C11H15NO5S2. The van der Waals surface area contributed by atoms with Crippen molar-refractivity contribution >= 4 is 27.6 Å². The quantitative estimate of drug-likeness (QED) is 0.884. The fraction of sp³-hybridized carbons (Fsp3) is 0.545. The molecule has 0 radical (unpaired) electrons. The zero-order valence-corrected chi connectivity index (χ0v) is 12.0. The van der Waals surface area contributed by atoms with E-state index in [0.29, 0.717) is 24.6 Å². The number of nitrogens with zero attached hydrogens (tertiary/aromatic N) is 1. The van der Waals surface area contributed by atoms with E-state index in [4.69, 9.17) is 9.52 Å². The summed E-state index contributed by atoms with van der Waals surface area (Å²) in [4.78, 5) is 12.5. The van der Waals surface area contributed by atoms with Crippen molar-refractivity contribution in [2.75, 3.05) is 24.3 Å². The average Bonchev–Trinajstić information content (AvgIpc) is 2.77. The summed E-state index contributed by atoms with van der Waals surface area (Å²) in [6.45, 7) is 0.955. The number of carboxylic acid groups (broad SMARTS) is 1. The summed E-state index contributed by atoms with van der Waals surface area (Å²) < 4.78 is 28.6. The molecule has 6 nitrogen and oxygen atoms in total. The predicted molar refractivity (Wildman–Crippen MR) is 72.0 cm³/mol. The maximum absolute atomic E-state index is 11.7. The number of furan rings is 1. The van der Waals surface area contributed by atoms with Crippen LogP contribution in [0.5, 0.6) is 0 Å². The van der Waals surface area contributed by atoms with E-state index in [9.17, 15) is 13.2 Å². The van der Waals surface area contributed by atoms with Crippen LogP contribution in [0.4, 0.5) is 0 Å². The zero-order chi connectivity index (χ0) is 14.0. The van der Waals surface area contributed by atoms with Crippen LogP contribution in [0.25, 0.3) is 0 Å². The molecule has 1 atom stereocenters. The molecule has 1 saturated heterocycles. The standard InChI is InChI=1S/C11H15NO5S2/c1-19(15,16)10-7-18-5-4-12(10)6-8-2-3-9(17-8)11(13)14/h2-3,10H,4-7H2,1H3,(H,13,14). The molecule has 1 aliphatic rings. The Morgan fingerprint density at radius 1 is 1.58 bits per heavy atom. The third-order valence-electron chi connectivity index (χ3n) is 2.92. The molecule has 1 N–H and O–H groups in total. The van der Waals surface area contributed by atoms with Crippen LogP contribution in [0.15, 0.2) is 16.5 Å². The molecule has 0 bridgehead atoms. The second-order valence-corrected chi connectivity index (χ2v) is 7.75. The van der Waals surface area contributed by atoms with Crippen LogP contribution >= 0.6 is 11.8 Å². The largest absolute Gasteiger partial charge is 0.475 e. The van der Waals surface area contributed by atoms with E-state index in [0.717, 1.165) is 5.75 Å². The van der Waals surface area contributed by atoms with Gasteiger partial charge in [-0.25, -0.2) is 13.2 Å². The van der Waals surface area contributed by atoms with Gasteiger partial charge in [-0.05, 0) is 12.1 Å². The first-order chi connectivity index (χ1) is 8.88. The molecular weight excluding hydrogens is 290 g/mol. The number of carboxylic acids is 1. The number of aromatic carboxylic acids is 1. The molecule has 19 heavy (non-hydrogen) atoms. The van der Waals surface area contributed by atoms with Crippen molar-refractivity contribution in [1.82, 2.24) is 4.90 Å². The molecule has 8 heteroatoms. The summed E-state index contributed by atoms with van der Waals surface area (Å²) in [5.41, 5.74) is 0. The van der Waals surface area contributed by atoms with Crippen molar-refractivity contribution in [3.63, 3.8) is 0 Å². The molecule has 2 rings (SSSR count). The molecule has 1 aromatic heterocycles. The van der Waals surface area contributed by atoms with Crippen molar-refractivity contribution < 1.29 is 22.7 Å². The monoisotopic (exact) mass is 305 g/mol. The molecule has 0 aromatic carbocycles. The number of thioether (sulfide) groups is 1. The van der Waals surface area contributed by atoms with Gasteiger partial charge in [-0.2, -0.15) is 11.8 Å². The SMILES string of the molecule is CS(=O)(=O)C1CSCCN1Cc1ccc(C(=O)O)o1. The van der Waals surface area contributed by atoms with Crippen LogP contribution < -0.4 is 0 Å². The molecule has 106 valence electrons. The number of carbonyl (C=O) groups is 1. The first-order valence-corrected chi connectivity index (χ1v) is 8.81. The highest BCUT2D eigenvalue weighted by molar-refractivity contribution is 8.00. The fourth-order valence-electron chi connectivity index (χ4n) is 1.97. The minimum absolute atomic E-state index is 0.128. The van der Waals surface area contributed by atoms with Crippen LogP contribution in [0, 0.1) is 0 Å². The van der Waals surface area contributed by atoms with Gasteiger partial charge in [0.2, 0.25) is 5.76 Å². The molecule has 1 aromatic rings. The Labute approximate surface area is 115 Å². The van der Waals surface area contributed by atoms with E-state index in [1.165, 1.54) is 12.3 Å². The van der Waals surface area contributed by atoms with Crippen LogP contribution in [0.2, 0.25) is 0 Å². The van der Waals surface area contributed by atoms with Crippen molar-refractivity contribution in [3.05, 3.63) is 23.7 Å². The highest BCUT2D eigenvalue weighted by Crippen LogP contribution is 2.23. The third kappa shape index (κ3) is 3.52. The molecule has 0 aliphatic carbocycles. The van der Waals surface area contributed by atoms with Crippen LogP contribution in [0.1, 0.15) is 16.3 Å². The van der Waals surface area contributed by atoms with Crippen LogP contribution in [0.3, 0.4) is 0 Å². The van der Waals surface area contributed by atoms with Gasteiger partial charge in [0.1, 0.15) is 11.1 Å². The van der Waals surface area contributed by atoms with Crippen LogP contribution in [-0.4, -0.2) is 54.1 Å². The van der Waals surface area contributed by atoms with Gasteiger partial charge in [0.25, 0.3) is 0 Å². The van der Waals surface area contributed by atoms with Gasteiger partial charge >= 0.3 is 5.97 Å². The van der Waals surface area contributed by atoms with Crippen molar-refractivity contribution in [1.29, 1.82) is 0 Å². The lowest BCUT2D eigenvalue weighted by molar-refractivity contribution is 0.0658. The minimum atomic E-state index is -3.16. The predicted octanol–water partition coefficient (Wildman–Crippen LogP) is 0.897. The third-order valence-corrected chi connectivity index (χ3v) is 5.60. The Bertz CT molecular complexity index is 565. The van der Waals surface area contributed by atoms with Crippen LogP contribution in [-0.2, 0) is 16.4 Å². The summed E-state index contributed by atoms with van der Waals surface area (Å²) in [7, 11) is -3.16. The highest BCUT2D eigenvalue weighted by atomic mass is 32.2. The number of hydrogen-bond donors (Lipinski definition) is 1. The molecule has 1 aliphatic heterocycles. The lowest BCUT2D eigenvalue weighted by atomic mass is 10.4. The van der Waals surface area contributed by atoms with Gasteiger partial charge in [-0.1, -0.05) is 0 Å². The molecule has 0 spiro atoms. The number of hydrogen-bond acceptors (Lipinski definition) is 6. The molecule has 0 amide bonds.